The van der Waals surface area contributed by atoms with Gasteiger partial charge in [0.15, 0.2) is 11.9 Å². The number of hydrogen-bond acceptors (Lipinski definition) is 6. The molecule has 1 unspecified atom stereocenters. The zero-order valence-corrected chi connectivity index (χ0v) is 22.5. The van der Waals surface area contributed by atoms with Gasteiger partial charge in [-0.2, -0.15) is 0 Å². The Hall–Kier alpha value is -4.73. The van der Waals surface area contributed by atoms with E-state index in [2.05, 4.69) is 15.7 Å². The monoisotopic (exact) mass is 570 g/mol. The fourth-order valence-electron chi connectivity index (χ4n) is 4.34. The Kier molecular flexibility index (Phi) is 6.67. The predicted octanol–water partition coefficient (Wildman–Crippen LogP) is 6.09. The van der Waals surface area contributed by atoms with Crippen molar-refractivity contribution in [3.8, 4) is 5.75 Å². The molecular weight excluding hydrogens is 551 g/mol. The number of benzene rings is 4. The summed E-state index contributed by atoms with van der Waals surface area (Å²) < 4.78 is 6.90. The summed E-state index contributed by atoms with van der Waals surface area (Å²) in [6, 6.07) is 25.0. The van der Waals surface area contributed by atoms with Crippen LogP contribution in [0.4, 0.5) is 11.4 Å². The van der Waals surface area contributed by atoms with Gasteiger partial charge in [0.1, 0.15) is 11.3 Å². The number of esters is 1. The van der Waals surface area contributed by atoms with Gasteiger partial charge < -0.3 is 4.74 Å². The molecule has 4 aromatic carbocycles. The average molecular weight is 571 g/mol. The van der Waals surface area contributed by atoms with Crippen LogP contribution in [0, 0.1) is 6.92 Å². The first-order valence-electron chi connectivity index (χ1n) is 12.2. The van der Waals surface area contributed by atoms with Crippen molar-refractivity contribution >= 4 is 63.3 Å². The quantitative estimate of drug-likeness (QED) is 0.203. The van der Waals surface area contributed by atoms with Gasteiger partial charge in [0, 0.05) is 0 Å². The topological polar surface area (TPSA) is 102 Å². The van der Waals surface area contributed by atoms with Gasteiger partial charge in [-0.05, 0) is 67.1 Å². The van der Waals surface area contributed by atoms with E-state index in [-0.39, 0.29) is 17.3 Å². The summed E-state index contributed by atoms with van der Waals surface area (Å²) in [6.07, 6.45) is 0. The lowest BCUT2D eigenvalue weighted by molar-refractivity contribution is -0.119. The Bertz CT molecular complexity index is 1800. The molecule has 0 aliphatic carbocycles. The number of para-hydroxylation sites is 2. The number of hydrazine groups is 1. The third-order valence-electron chi connectivity index (χ3n) is 6.28. The molecule has 1 fully saturated rings. The molecule has 11 heteroatoms. The Balaban J connectivity index is 1.41. The van der Waals surface area contributed by atoms with Crippen molar-refractivity contribution in [3.05, 3.63) is 112 Å². The number of halogens is 2. The predicted molar refractivity (Wildman–Crippen MR) is 153 cm³/mol. The number of hydrogen-bond donors (Lipinski definition) is 1. The molecule has 5 aromatic rings. The van der Waals surface area contributed by atoms with Gasteiger partial charge in [-0.15, -0.1) is 5.10 Å². The molecular formula is C29H20Cl2N6O3. The Morgan fingerprint density at radius 1 is 0.950 bits per heavy atom. The molecule has 1 atom stereocenters. The largest absolute Gasteiger partial charge is 0.423 e. The van der Waals surface area contributed by atoms with E-state index in [1.54, 1.807) is 72.8 Å². The van der Waals surface area contributed by atoms with E-state index in [4.69, 9.17) is 32.9 Å². The van der Waals surface area contributed by atoms with E-state index in [0.717, 1.165) is 5.56 Å². The fourth-order valence-corrected chi connectivity index (χ4v) is 4.72. The summed E-state index contributed by atoms with van der Waals surface area (Å²) in [5.41, 5.74) is 6.18. The van der Waals surface area contributed by atoms with E-state index >= 15 is 0 Å². The average Bonchev–Trinajstić information content (AvgIpc) is 3.51. The number of aliphatic imine (C=N–C) groups is 1. The fraction of sp³-hybridized carbons (Fsp3) is 0.0690. The minimum absolute atomic E-state index is 0.275. The summed E-state index contributed by atoms with van der Waals surface area (Å²) in [6.45, 7) is 1.92. The summed E-state index contributed by atoms with van der Waals surface area (Å²) in [4.78, 5) is 31.3. The van der Waals surface area contributed by atoms with Crippen molar-refractivity contribution in [3.63, 3.8) is 0 Å². The number of carbonyl (C=O) groups is 2. The smallest absolute Gasteiger partial charge is 0.343 e. The lowest BCUT2D eigenvalue weighted by Gasteiger charge is -2.17. The Labute approximate surface area is 238 Å². The number of carbonyl (C=O) groups excluding carboxylic acids is 2. The lowest BCUT2D eigenvalue weighted by Crippen LogP contribution is -2.36. The molecule has 1 aliphatic heterocycles. The number of anilines is 1. The molecule has 2 heterocycles. The van der Waals surface area contributed by atoms with Crippen LogP contribution in [0.5, 0.6) is 5.75 Å². The molecule has 0 bridgehead atoms. The van der Waals surface area contributed by atoms with Crippen molar-refractivity contribution in [1.29, 1.82) is 0 Å². The molecule has 1 amide bonds. The minimum Gasteiger partial charge on any atom is -0.423 e. The molecule has 198 valence electrons. The highest BCUT2D eigenvalue weighted by Gasteiger charge is 2.42. The first-order valence-corrected chi connectivity index (χ1v) is 13.0. The van der Waals surface area contributed by atoms with Gasteiger partial charge in [-0.3, -0.25) is 10.2 Å². The van der Waals surface area contributed by atoms with E-state index in [9.17, 15) is 9.59 Å². The number of rotatable bonds is 5. The van der Waals surface area contributed by atoms with Crippen LogP contribution in [0.25, 0.3) is 11.0 Å². The van der Waals surface area contributed by atoms with E-state index in [1.807, 2.05) is 25.1 Å². The molecule has 1 N–H and O–H groups in total. The van der Waals surface area contributed by atoms with Gasteiger partial charge in [0.05, 0.1) is 32.5 Å². The number of amidine groups is 1. The number of aromatic nitrogens is 3. The number of ether oxygens (including phenoxy) is 1. The maximum atomic E-state index is 13.9. The maximum Gasteiger partial charge on any atom is 0.343 e. The van der Waals surface area contributed by atoms with E-state index in [0.29, 0.717) is 38.2 Å². The van der Waals surface area contributed by atoms with Crippen molar-refractivity contribution in [1.82, 2.24) is 20.4 Å². The van der Waals surface area contributed by atoms with Crippen molar-refractivity contribution in [2.24, 2.45) is 4.99 Å². The van der Waals surface area contributed by atoms with Crippen molar-refractivity contribution in [2.45, 2.75) is 13.0 Å². The van der Waals surface area contributed by atoms with Crippen LogP contribution in [-0.4, -0.2) is 32.7 Å². The number of nitrogens with one attached hydrogen (secondary N) is 1. The summed E-state index contributed by atoms with van der Waals surface area (Å²) >= 11 is 12.9. The van der Waals surface area contributed by atoms with Gasteiger partial charge in [0.25, 0.3) is 5.91 Å². The van der Waals surface area contributed by atoms with Crippen LogP contribution >= 0.6 is 23.2 Å². The lowest BCUT2D eigenvalue weighted by atomic mass is 10.2. The summed E-state index contributed by atoms with van der Waals surface area (Å²) in [7, 11) is 0. The molecule has 0 radical (unpaired) electrons. The molecule has 0 saturated carbocycles. The second kappa shape index (κ2) is 10.4. The van der Waals surface area contributed by atoms with Crippen molar-refractivity contribution in [2.75, 3.05) is 5.01 Å². The third-order valence-corrected chi connectivity index (χ3v) is 6.92. The normalized spacial score (nSPS) is 16.0. The summed E-state index contributed by atoms with van der Waals surface area (Å²) in [5, 5.41) is 10.6. The molecule has 1 saturated heterocycles. The van der Waals surface area contributed by atoms with Crippen LogP contribution in [0.1, 0.15) is 22.0 Å². The highest BCUT2D eigenvalue weighted by atomic mass is 35.5. The first kappa shape index (κ1) is 25.5. The van der Waals surface area contributed by atoms with E-state index in [1.165, 1.54) is 9.69 Å². The molecule has 6 rings (SSSR count). The SMILES string of the molecule is Cc1ccc(Cl)c(N=C2NN(c3ccccc3Cl)C(=O)C2n2nnc3cc(C(=O)Oc4ccccc4)ccc32)c1. The highest BCUT2D eigenvalue weighted by molar-refractivity contribution is 6.35. The number of aryl methyl sites for hydroxylation is 1. The summed E-state index contributed by atoms with van der Waals surface area (Å²) in [5.74, 6) is -0.219. The number of nitrogens with zero attached hydrogens (tertiary/aromatic N) is 5. The molecule has 0 spiro atoms. The van der Waals surface area contributed by atoms with Crippen molar-refractivity contribution < 1.29 is 14.3 Å². The van der Waals surface area contributed by atoms with E-state index < -0.39 is 12.0 Å². The second-order valence-corrected chi connectivity index (χ2v) is 9.85. The van der Waals surface area contributed by atoms with Crippen LogP contribution in [0.15, 0.2) is 96.0 Å². The van der Waals surface area contributed by atoms with Crippen LogP contribution in [0.3, 0.4) is 0 Å². The molecule has 9 nitrogen and oxygen atoms in total. The van der Waals surface area contributed by atoms with Gasteiger partial charge >= 0.3 is 5.97 Å². The minimum atomic E-state index is -1.01. The standard InChI is InChI=1S/C29H20Cl2N6O3/c1-17-11-13-20(30)22(15-17)32-27-26(28(38)37(34-27)24-10-6-5-9-21(24)31)36-25-14-12-18(16-23(25)33-35-36)29(39)40-19-7-3-2-4-8-19/h2-16,26H,1H3,(H,32,34). The van der Waals surface area contributed by atoms with Gasteiger partial charge in [-0.1, -0.05) is 64.8 Å². The Morgan fingerprint density at radius 3 is 2.52 bits per heavy atom. The first-order chi connectivity index (χ1) is 19.4. The molecule has 1 aliphatic rings. The zero-order valence-electron chi connectivity index (χ0n) is 21.0. The third kappa shape index (κ3) is 4.76. The molecule has 1 aromatic heterocycles. The van der Waals surface area contributed by atoms with Crippen LogP contribution < -0.4 is 15.2 Å². The van der Waals surface area contributed by atoms with Gasteiger partial charge in [-0.25, -0.2) is 19.5 Å². The molecule has 40 heavy (non-hydrogen) atoms. The second-order valence-electron chi connectivity index (χ2n) is 9.03. The maximum absolute atomic E-state index is 13.9. The van der Waals surface area contributed by atoms with Crippen LogP contribution in [-0.2, 0) is 4.79 Å². The highest BCUT2D eigenvalue weighted by Crippen LogP contribution is 2.33. The number of amides is 1. The Morgan fingerprint density at radius 2 is 1.73 bits per heavy atom. The van der Waals surface area contributed by atoms with Gasteiger partial charge in [0.2, 0.25) is 0 Å². The zero-order chi connectivity index (χ0) is 27.8. The number of fused-ring (bicyclic) bond motifs is 1. The van der Waals surface area contributed by atoms with Crippen LogP contribution in [0.2, 0.25) is 10.0 Å².